The van der Waals surface area contributed by atoms with Crippen molar-refractivity contribution in [3.05, 3.63) is 59.7 Å². The number of methoxy groups -OCH3 is 1. The van der Waals surface area contributed by atoms with Crippen LogP contribution in [-0.4, -0.2) is 50.8 Å². The third kappa shape index (κ3) is 4.13. The lowest BCUT2D eigenvalue weighted by Gasteiger charge is -2.36. The summed E-state index contributed by atoms with van der Waals surface area (Å²) in [6, 6.07) is 17.0. The molecule has 26 heavy (non-hydrogen) atoms. The second-order valence-corrected chi connectivity index (χ2v) is 6.13. The standard InChI is InChI=1S/C20H22N4O2/c1-26-18-7-4-6-16(13-18)20(25)22-15-23-9-11-24(12-10-23)19-8-3-2-5-17(19)14-21/h2-8,13H,9-12,15H2,1H3,(H,22,25). The zero-order chi connectivity index (χ0) is 18.4. The maximum absolute atomic E-state index is 12.3. The van der Waals surface area contributed by atoms with E-state index in [0.717, 1.165) is 31.9 Å². The van der Waals surface area contributed by atoms with Crippen LogP contribution >= 0.6 is 0 Å². The van der Waals surface area contributed by atoms with Gasteiger partial charge in [-0.25, -0.2) is 0 Å². The quantitative estimate of drug-likeness (QED) is 0.894. The zero-order valence-electron chi connectivity index (χ0n) is 14.8. The highest BCUT2D eigenvalue weighted by Gasteiger charge is 2.19. The van der Waals surface area contributed by atoms with Crippen molar-refractivity contribution in [2.24, 2.45) is 0 Å². The predicted molar refractivity (Wildman–Crippen MR) is 100 cm³/mol. The van der Waals surface area contributed by atoms with Gasteiger partial charge in [0, 0.05) is 31.7 Å². The number of nitrogens with zero attached hydrogens (tertiary/aromatic N) is 3. The number of benzene rings is 2. The van der Waals surface area contributed by atoms with Gasteiger partial charge in [0.1, 0.15) is 11.8 Å². The topological polar surface area (TPSA) is 68.6 Å². The summed E-state index contributed by atoms with van der Waals surface area (Å²) < 4.78 is 5.15. The van der Waals surface area contributed by atoms with Crippen LogP contribution < -0.4 is 15.0 Å². The van der Waals surface area contributed by atoms with E-state index in [1.165, 1.54) is 0 Å². The summed E-state index contributed by atoms with van der Waals surface area (Å²) in [5.74, 6) is 0.559. The number of hydrogen-bond donors (Lipinski definition) is 1. The number of hydrogen-bond acceptors (Lipinski definition) is 5. The second-order valence-electron chi connectivity index (χ2n) is 6.13. The molecule has 1 saturated heterocycles. The Morgan fingerprint density at radius 2 is 1.92 bits per heavy atom. The highest BCUT2D eigenvalue weighted by atomic mass is 16.5. The van der Waals surface area contributed by atoms with E-state index >= 15 is 0 Å². The molecule has 0 aromatic heterocycles. The summed E-state index contributed by atoms with van der Waals surface area (Å²) in [4.78, 5) is 16.7. The number of para-hydroxylation sites is 1. The van der Waals surface area contributed by atoms with Gasteiger partial charge in [-0.3, -0.25) is 9.69 Å². The van der Waals surface area contributed by atoms with Crippen LogP contribution in [0.4, 0.5) is 5.69 Å². The van der Waals surface area contributed by atoms with Crippen molar-refractivity contribution in [2.75, 3.05) is 44.9 Å². The molecule has 0 spiro atoms. The minimum atomic E-state index is -0.110. The molecule has 0 unspecified atom stereocenters. The molecule has 1 amide bonds. The molecule has 0 bridgehead atoms. The number of piperazine rings is 1. The molecule has 1 aliphatic rings. The molecule has 1 heterocycles. The van der Waals surface area contributed by atoms with Crippen LogP contribution in [-0.2, 0) is 0 Å². The van der Waals surface area contributed by atoms with E-state index < -0.39 is 0 Å². The summed E-state index contributed by atoms with van der Waals surface area (Å²) in [6.07, 6.45) is 0. The van der Waals surface area contributed by atoms with Gasteiger partial charge >= 0.3 is 0 Å². The monoisotopic (exact) mass is 350 g/mol. The van der Waals surface area contributed by atoms with Crippen LogP contribution in [0.1, 0.15) is 15.9 Å². The van der Waals surface area contributed by atoms with E-state index in [4.69, 9.17) is 4.74 Å². The number of carbonyl (C=O) groups is 1. The lowest BCUT2D eigenvalue weighted by atomic mass is 10.1. The van der Waals surface area contributed by atoms with Crippen molar-refractivity contribution in [3.8, 4) is 11.8 Å². The van der Waals surface area contributed by atoms with Crippen molar-refractivity contribution in [3.63, 3.8) is 0 Å². The largest absolute Gasteiger partial charge is 0.497 e. The Balaban J connectivity index is 1.51. The summed E-state index contributed by atoms with van der Waals surface area (Å²) in [5.41, 5.74) is 2.27. The Labute approximate surface area is 153 Å². The highest BCUT2D eigenvalue weighted by molar-refractivity contribution is 5.94. The average molecular weight is 350 g/mol. The fourth-order valence-corrected chi connectivity index (χ4v) is 3.04. The Morgan fingerprint density at radius 1 is 1.15 bits per heavy atom. The SMILES string of the molecule is COc1cccc(C(=O)NCN2CCN(c3ccccc3C#N)CC2)c1. The summed E-state index contributed by atoms with van der Waals surface area (Å²) in [6.45, 7) is 3.82. The van der Waals surface area contributed by atoms with Crippen LogP contribution in [0.2, 0.25) is 0 Å². The molecule has 0 atom stereocenters. The fourth-order valence-electron chi connectivity index (χ4n) is 3.04. The van der Waals surface area contributed by atoms with Crippen molar-refractivity contribution in [2.45, 2.75) is 0 Å². The number of carbonyl (C=O) groups excluding carboxylic acids is 1. The Bertz CT molecular complexity index is 807. The highest BCUT2D eigenvalue weighted by Crippen LogP contribution is 2.20. The molecular formula is C20H22N4O2. The van der Waals surface area contributed by atoms with Gasteiger partial charge in [-0.2, -0.15) is 5.26 Å². The summed E-state index contributed by atoms with van der Waals surface area (Å²) in [5, 5.41) is 12.2. The molecule has 0 radical (unpaired) electrons. The average Bonchev–Trinajstić information content (AvgIpc) is 2.72. The smallest absolute Gasteiger partial charge is 0.252 e. The third-order valence-electron chi connectivity index (χ3n) is 4.53. The van der Waals surface area contributed by atoms with Crippen LogP contribution in [0.15, 0.2) is 48.5 Å². The molecule has 0 saturated carbocycles. The number of nitrogens with one attached hydrogen (secondary N) is 1. The predicted octanol–water partition coefficient (Wildman–Crippen LogP) is 2.08. The number of nitriles is 1. The number of ether oxygens (including phenoxy) is 1. The minimum absolute atomic E-state index is 0.110. The van der Waals surface area contributed by atoms with Crippen LogP contribution in [0.25, 0.3) is 0 Å². The van der Waals surface area contributed by atoms with Gasteiger partial charge in [0.25, 0.3) is 5.91 Å². The van der Waals surface area contributed by atoms with Crippen molar-refractivity contribution >= 4 is 11.6 Å². The van der Waals surface area contributed by atoms with E-state index in [0.29, 0.717) is 23.5 Å². The maximum atomic E-state index is 12.3. The molecular weight excluding hydrogens is 328 g/mol. The first-order valence-electron chi connectivity index (χ1n) is 8.60. The molecule has 6 nitrogen and oxygen atoms in total. The summed E-state index contributed by atoms with van der Waals surface area (Å²) >= 11 is 0. The van der Waals surface area contributed by atoms with Gasteiger partial charge < -0.3 is 15.0 Å². The molecule has 6 heteroatoms. The first-order valence-corrected chi connectivity index (χ1v) is 8.60. The van der Waals surface area contributed by atoms with E-state index in [2.05, 4.69) is 21.2 Å². The van der Waals surface area contributed by atoms with E-state index in [1.807, 2.05) is 30.3 Å². The first-order chi connectivity index (χ1) is 12.7. The summed E-state index contributed by atoms with van der Waals surface area (Å²) in [7, 11) is 1.58. The molecule has 3 rings (SSSR count). The van der Waals surface area contributed by atoms with E-state index in [1.54, 1.807) is 25.3 Å². The van der Waals surface area contributed by atoms with Gasteiger partial charge in [0.15, 0.2) is 0 Å². The Hall–Kier alpha value is -3.04. The second kappa shape index (κ2) is 8.37. The van der Waals surface area contributed by atoms with Crippen LogP contribution in [0, 0.1) is 11.3 Å². The van der Waals surface area contributed by atoms with Crippen LogP contribution in [0.5, 0.6) is 5.75 Å². The van der Waals surface area contributed by atoms with Crippen molar-refractivity contribution in [1.82, 2.24) is 10.2 Å². The van der Waals surface area contributed by atoms with E-state index in [9.17, 15) is 10.1 Å². The first kappa shape index (κ1) is 17.8. The lowest BCUT2D eigenvalue weighted by Crippen LogP contribution is -2.50. The normalized spacial score (nSPS) is 14.5. The third-order valence-corrected chi connectivity index (χ3v) is 4.53. The maximum Gasteiger partial charge on any atom is 0.252 e. The molecule has 2 aromatic carbocycles. The Morgan fingerprint density at radius 3 is 2.65 bits per heavy atom. The van der Waals surface area contributed by atoms with Gasteiger partial charge in [-0.1, -0.05) is 18.2 Å². The lowest BCUT2D eigenvalue weighted by molar-refractivity contribution is 0.0920. The van der Waals surface area contributed by atoms with E-state index in [-0.39, 0.29) is 5.91 Å². The zero-order valence-corrected chi connectivity index (χ0v) is 14.8. The fraction of sp³-hybridized carbons (Fsp3) is 0.300. The van der Waals surface area contributed by atoms with Crippen LogP contribution in [0.3, 0.4) is 0 Å². The van der Waals surface area contributed by atoms with Gasteiger partial charge in [0.2, 0.25) is 0 Å². The van der Waals surface area contributed by atoms with Crippen molar-refractivity contribution < 1.29 is 9.53 Å². The van der Waals surface area contributed by atoms with Crippen molar-refractivity contribution in [1.29, 1.82) is 5.26 Å². The van der Waals surface area contributed by atoms with Gasteiger partial charge in [-0.05, 0) is 30.3 Å². The van der Waals surface area contributed by atoms with Gasteiger partial charge in [-0.15, -0.1) is 0 Å². The molecule has 2 aromatic rings. The Kier molecular flexibility index (Phi) is 5.72. The molecule has 1 N–H and O–H groups in total. The number of amides is 1. The number of rotatable bonds is 5. The van der Waals surface area contributed by atoms with Gasteiger partial charge in [0.05, 0.1) is 25.0 Å². The minimum Gasteiger partial charge on any atom is -0.497 e. The molecule has 0 aliphatic carbocycles. The molecule has 134 valence electrons. The molecule has 1 fully saturated rings. The molecule has 1 aliphatic heterocycles. The number of anilines is 1.